The zero-order valence-corrected chi connectivity index (χ0v) is 11.5. The van der Waals surface area contributed by atoms with Crippen molar-refractivity contribution in [2.45, 2.75) is 32.2 Å². The van der Waals surface area contributed by atoms with Crippen LogP contribution < -0.4 is 5.32 Å². The van der Waals surface area contributed by atoms with Crippen molar-refractivity contribution in [2.75, 3.05) is 19.0 Å². The summed E-state index contributed by atoms with van der Waals surface area (Å²) in [6.45, 7) is 2.80. The highest BCUT2D eigenvalue weighted by atomic mass is 16.5. The SMILES string of the molecule is CCc1nc2cc(NC(COC)C3CC3)ccc2o1. The molecule has 0 spiro atoms. The molecule has 1 heterocycles. The number of aryl methyl sites for hydroxylation is 1. The lowest BCUT2D eigenvalue weighted by Crippen LogP contribution is -2.27. The number of nitrogens with zero attached hydrogens (tertiary/aromatic N) is 1. The van der Waals surface area contributed by atoms with E-state index in [9.17, 15) is 0 Å². The Labute approximate surface area is 113 Å². The highest BCUT2D eigenvalue weighted by molar-refractivity contribution is 5.77. The first-order chi connectivity index (χ1) is 9.30. The van der Waals surface area contributed by atoms with E-state index in [2.05, 4.69) is 22.4 Å². The molecule has 3 rings (SSSR count). The van der Waals surface area contributed by atoms with Crippen LogP contribution in [-0.2, 0) is 11.2 Å². The van der Waals surface area contributed by atoms with Crippen LogP contribution in [0.5, 0.6) is 0 Å². The maximum Gasteiger partial charge on any atom is 0.195 e. The maximum absolute atomic E-state index is 5.62. The molecule has 19 heavy (non-hydrogen) atoms. The van der Waals surface area contributed by atoms with Crippen LogP contribution in [0, 0.1) is 5.92 Å². The monoisotopic (exact) mass is 260 g/mol. The van der Waals surface area contributed by atoms with Crippen LogP contribution in [0.2, 0.25) is 0 Å². The topological polar surface area (TPSA) is 47.3 Å². The number of hydrogen-bond acceptors (Lipinski definition) is 4. The van der Waals surface area contributed by atoms with E-state index in [1.165, 1.54) is 12.8 Å². The van der Waals surface area contributed by atoms with E-state index in [1.54, 1.807) is 7.11 Å². The summed E-state index contributed by atoms with van der Waals surface area (Å²) >= 11 is 0. The van der Waals surface area contributed by atoms with Gasteiger partial charge in [-0.1, -0.05) is 6.92 Å². The molecule has 4 nitrogen and oxygen atoms in total. The number of benzene rings is 1. The number of anilines is 1. The van der Waals surface area contributed by atoms with E-state index in [1.807, 2.05) is 13.0 Å². The molecule has 1 saturated carbocycles. The van der Waals surface area contributed by atoms with Gasteiger partial charge in [0.25, 0.3) is 0 Å². The van der Waals surface area contributed by atoms with Crippen molar-refractivity contribution in [1.29, 1.82) is 0 Å². The minimum atomic E-state index is 0.403. The van der Waals surface area contributed by atoms with Gasteiger partial charge >= 0.3 is 0 Å². The van der Waals surface area contributed by atoms with Gasteiger partial charge in [0, 0.05) is 19.2 Å². The van der Waals surface area contributed by atoms with E-state index in [0.29, 0.717) is 6.04 Å². The number of hydrogen-bond donors (Lipinski definition) is 1. The zero-order valence-electron chi connectivity index (χ0n) is 11.5. The average molecular weight is 260 g/mol. The summed E-state index contributed by atoms with van der Waals surface area (Å²) in [4.78, 5) is 4.47. The van der Waals surface area contributed by atoms with Gasteiger partial charge in [-0.05, 0) is 37.0 Å². The van der Waals surface area contributed by atoms with Gasteiger partial charge in [-0.25, -0.2) is 4.98 Å². The summed E-state index contributed by atoms with van der Waals surface area (Å²) in [6, 6.07) is 6.50. The molecule has 0 radical (unpaired) electrons. The van der Waals surface area contributed by atoms with Gasteiger partial charge in [-0.15, -0.1) is 0 Å². The number of ether oxygens (including phenoxy) is 1. The third-order valence-electron chi connectivity index (χ3n) is 3.62. The van der Waals surface area contributed by atoms with E-state index >= 15 is 0 Å². The zero-order chi connectivity index (χ0) is 13.2. The van der Waals surface area contributed by atoms with E-state index in [4.69, 9.17) is 9.15 Å². The molecule has 1 fully saturated rings. The highest BCUT2D eigenvalue weighted by Crippen LogP contribution is 2.34. The third kappa shape index (κ3) is 2.73. The Hall–Kier alpha value is -1.55. The molecule has 1 aliphatic carbocycles. The van der Waals surface area contributed by atoms with Gasteiger partial charge in [0.2, 0.25) is 0 Å². The number of aromatic nitrogens is 1. The van der Waals surface area contributed by atoms with Crippen LogP contribution in [-0.4, -0.2) is 24.7 Å². The molecule has 1 atom stereocenters. The number of methoxy groups -OCH3 is 1. The average Bonchev–Trinajstić information content (AvgIpc) is 3.18. The minimum absolute atomic E-state index is 0.403. The standard InChI is InChI=1S/C15H20N2O2/c1-3-15-17-12-8-11(6-7-14(12)19-15)16-13(9-18-2)10-4-5-10/h6-8,10,13,16H,3-5,9H2,1-2H3. The third-order valence-corrected chi connectivity index (χ3v) is 3.62. The fraction of sp³-hybridized carbons (Fsp3) is 0.533. The first kappa shape index (κ1) is 12.5. The molecule has 0 aliphatic heterocycles. The predicted octanol–water partition coefficient (Wildman–Crippen LogP) is 3.23. The number of nitrogens with one attached hydrogen (secondary N) is 1. The molecule has 1 aromatic carbocycles. The normalized spacial score (nSPS) is 16.7. The molecular weight excluding hydrogens is 240 g/mol. The second-order valence-corrected chi connectivity index (χ2v) is 5.19. The number of rotatable bonds is 6. The molecule has 102 valence electrons. The summed E-state index contributed by atoms with van der Waals surface area (Å²) in [6.07, 6.45) is 3.42. The summed E-state index contributed by atoms with van der Waals surface area (Å²) in [7, 11) is 1.76. The molecule has 1 aliphatic rings. The molecule has 1 unspecified atom stereocenters. The summed E-state index contributed by atoms with van der Waals surface area (Å²) in [5.74, 6) is 1.54. The van der Waals surface area contributed by atoms with Crippen molar-refractivity contribution >= 4 is 16.8 Å². The van der Waals surface area contributed by atoms with Gasteiger partial charge < -0.3 is 14.5 Å². The number of fused-ring (bicyclic) bond motifs is 1. The van der Waals surface area contributed by atoms with Gasteiger partial charge in [0.1, 0.15) is 5.52 Å². The Morgan fingerprint density at radius 1 is 1.47 bits per heavy atom. The lowest BCUT2D eigenvalue weighted by molar-refractivity contribution is 0.179. The van der Waals surface area contributed by atoms with Gasteiger partial charge in [0.15, 0.2) is 11.5 Å². The summed E-state index contributed by atoms with van der Waals surface area (Å²) in [5.41, 5.74) is 2.88. The van der Waals surface area contributed by atoms with Crippen LogP contribution >= 0.6 is 0 Å². The Morgan fingerprint density at radius 3 is 3.00 bits per heavy atom. The van der Waals surface area contributed by atoms with E-state index < -0.39 is 0 Å². The molecule has 2 aromatic rings. The van der Waals surface area contributed by atoms with Gasteiger partial charge in [0.05, 0.1) is 12.6 Å². The first-order valence-corrected chi connectivity index (χ1v) is 6.95. The van der Waals surface area contributed by atoms with Crippen LogP contribution in [0.4, 0.5) is 5.69 Å². The number of oxazole rings is 1. The predicted molar refractivity (Wildman–Crippen MR) is 75.4 cm³/mol. The van der Waals surface area contributed by atoms with E-state index in [-0.39, 0.29) is 0 Å². The van der Waals surface area contributed by atoms with Gasteiger partial charge in [-0.2, -0.15) is 0 Å². The summed E-state index contributed by atoms with van der Waals surface area (Å²) in [5, 5.41) is 3.55. The van der Waals surface area contributed by atoms with Crippen molar-refractivity contribution in [1.82, 2.24) is 4.98 Å². The molecule has 1 N–H and O–H groups in total. The highest BCUT2D eigenvalue weighted by Gasteiger charge is 2.31. The summed E-state index contributed by atoms with van der Waals surface area (Å²) < 4.78 is 10.9. The molecule has 1 aromatic heterocycles. The first-order valence-electron chi connectivity index (χ1n) is 6.95. The Balaban J connectivity index is 1.79. The second kappa shape index (κ2) is 5.21. The van der Waals surface area contributed by atoms with Crippen LogP contribution in [0.25, 0.3) is 11.1 Å². The van der Waals surface area contributed by atoms with Crippen LogP contribution in [0.15, 0.2) is 22.6 Å². The minimum Gasteiger partial charge on any atom is -0.441 e. The van der Waals surface area contributed by atoms with Gasteiger partial charge in [-0.3, -0.25) is 0 Å². The lowest BCUT2D eigenvalue weighted by Gasteiger charge is -2.18. The molecule has 0 saturated heterocycles. The maximum atomic E-state index is 5.62. The van der Waals surface area contributed by atoms with E-state index in [0.717, 1.165) is 41.6 Å². The molecule has 4 heteroatoms. The smallest absolute Gasteiger partial charge is 0.195 e. The van der Waals surface area contributed by atoms with Crippen molar-refractivity contribution < 1.29 is 9.15 Å². The second-order valence-electron chi connectivity index (χ2n) is 5.19. The lowest BCUT2D eigenvalue weighted by atomic mass is 10.2. The Bertz CT molecular complexity index is 560. The molecule has 0 bridgehead atoms. The van der Waals surface area contributed by atoms with Crippen molar-refractivity contribution in [3.63, 3.8) is 0 Å². The quantitative estimate of drug-likeness (QED) is 0.866. The largest absolute Gasteiger partial charge is 0.441 e. The molecule has 0 amide bonds. The fourth-order valence-corrected chi connectivity index (χ4v) is 2.40. The Morgan fingerprint density at radius 2 is 2.32 bits per heavy atom. The van der Waals surface area contributed by atoms with Crippen molar-refractivity contribution in [3.8, 4) is 0 Å². The Kier molecular flexibility index (Phi) is 3.42. The fourth-order valence-electron chi connectivity index (χ4n) is 2.40. The van der Waals surface area contributed by atoms with Crippen molar-refractivity contribution in [2.24, 2.45) is 5.92 Å². The van der Waals surface area contributed by atoms with Crippen LogP contribution in [0.3, 0.4) is 0 Å². The van der Waals surface area contributed by atoms with Crippen LogP contribution in [0.1, 0.15) is 25.7 Å². The molecular formula is C15H20N2O2. The van der Waals surface area contributed by atoms with Crippen molar-refractivity contribution in [3.05, 3.63) is 24.1 Å².